The third-order valence-corrected chi connectivity index (χ3v) is 6.25. The monoisotopic (exact) mass is 528 g/mol. The number of nitrogens with zero attached hydrogens (tertiary/aromatic N) is 4. The highest BCUT2D eigenvalue weighted by Gasteiger charge is 2.61. The molecule has 14 heteroatoms. The van der Waals surface area contributed by atoms with E-state index in [0.29, 0.717) is 5.17 Å². The fraction of sp³-hybridized carbons (Fsp3) is 0.682. The molecule has 1 rings (SSSR count). The van der Waals surface area contributed by atoms with E-state index >= 15 is 0 Å². The molecule has 0 aromatic rings. The third kappa shape index (κ3) is 7.67. The first kappa shape index (κ1) is 30.9. The number of esters is 1. The molecule has 2 unspecified atom stereocenters. The number of carbonyl (C=O) groups excluding carboxylic acids is 4. The van der Waals surface area contributed by atoms with E-state index in [9.17, 15) is 19.2 Å². The molecule has 36 heavy (non-hydrogen) atoms. The summed E-state index contributed by atoms with van der Waals surface area (Å²) in [5.41, 5.74) is 3.01. The summed E-state index contributed by atoms with van der Waals surface area (Å²) < 4.78 is 13.6. The minimum atomic E-state index is -1.74. The number of aliphatic imine (C=N–C) groups is 1. The van der Waals surface area contributed by atoms with Gasteiger partial charge in [-0.15, -0.1) is 0 Å². The molecule has 0 spiro atoms. The Bertz CT molecular complexity index is 980. The fourth-order valence-corrected chi connectivity index (χ4v) is 4.57. The van der Waals surface area contributed by atoms with Crippen molar-refractivity contribution in [2.75, 3.05) is 21.2 Å². The van der Waals surface area contributed by atoms with Crippen molar-refractivity contribution < 1.29 is 33.4 Å². The van der Waals surface area contributed by atoms with Crippen molar-refractivity contribution in [2.45, 2.75) is 71.3 Å². The molecule has 1 aliphatic rings. The second-order valence-corrected chi connectivity index (χ2v) is 11.1. The van der Waals surface area contributed by atoms with E-state index < -0.39 is 45.9 Å². The Morgan fingerprint density at radius 1 is 0.972 bits per heavy atom. The summed E-state index contributed by atoms with van der Waals surface area (Å²) in [6.07, 6.45) is -1.70. The Labute approximate surface area is 215 Å². The quantitative estimate of drug-likeness (QED) is 0.230. The summed E-state index contributed by atoms with van der Waals surface area (Å²) in [4.78, 5) is 56.4. The number of rotatable bonds is 6. The molecular formula is C22H36N6O7S. The maximum Gasteiger partial charge on any atom is 0.428 e. The Morgan fingerprint density at radius 3 is 1.83 bits per heavy atom. The summed E-state index contributed by atoms with van der Waals surface area (Å²) in [7, 11) is 4.14. The van der Waals surface area contributed by atoms with Gasteiger partial charge < -0.3 is 14.2 Å². The van der Waals surface area contributed by atoms with E-state index in [2.05, 4.69) is 26.0 Å². The first-order valence-electron chi connectivity index (χ1n) is 11.0. The molecule has 0 aliphatic carbocycles. The first-order valence-corrected chi connectivity index (χ1v) is 11.8. The van der Waals surface area contributed by atoms with E-state index in [4.69, 9.17) is 14.2 Å². The molecule has 1 heterocycles. The van der Waals surface area contributed by atoms with Crippen LogP contribution in [0.15, 0.2) is 15.2 Å². The van der Waals surface area contributed by atoms with Crippen LogP contribution in [-0.4, -0.2) is 82.7 Å². The molecule has 3 amide bonds. The highest BCUT2D eigenvalue weighted by Crippen LogP contribution is 2.45. The smallest absolute Gasteiger partial charge is 0.428 e. The topological polar surface area (TPSA) is 160 Å². The van der Waals surface area contributed by atoms with Crippen LogP contribution in [0.3, 0.4) is 0 Å². The number of thioether (sulfide) groups is 1. The first-order chi connectivity index (χ1) is 16.4. The van der Waals surface area contributed by atoms with E-state index in [1.165, 1.54) is 32.8 Å². The summed E-state index contributed by atoms with van der Waals surface area (Å²) in [5, 5.41) is 8.38. The predicted octanol–water partition coefficient (Wildman–Crippen LogP) is 2.51. The maximum absolute atomic E-state index is 13.6. The standard InChI is InChI=1S/C22H36N6O7S/c1-12(24-26-18(31)34-20(3,4)5)14(15(29)33-11)22(16(30)28(10)17(23-9)36-22)13(2)25-27-19(32)35-21(6,7)8/h14H,1-11H3,(H,26,31)(H,27,32)/b23-17?,24-12+,25-13+. The molecule has 1 aliphatic heterocycles. The Hall–Kier alpha value is -3.16. The van der Waals surface area contributed by atoms with Crippen LogP contribution in [0.1, 0.15) is 55.4 Å². The van der Waals surface area contributed by atoms with Crippen molar-refractivity contribution in [3.05, 3.63) is 0 Å². The number of nitrogens with one attached hydrogen (secondary N) is 2. The van der Waals surface area contributed by atoms with Gasteiger partial charge in [0.1, 0.15) is 17.1 Å². The lowest BCUT2D eigenvalue weighted by atomic mass is 9.83. The SMILES string of the molecule is CN=C1SC(/C(C)=N/NC(=O)OC(C)(C)C)(C(C(=O)OC)/C(C)=N/NC(=O)OC(C)(C)C)C(=O)N1C. The molecule has 0 bridgehead atoms. The molecule has 0 radical (unpaired) electrons. The minimum Gasteiger partial charge on any atom is -0.468 e. The van der Waals surface area contributed by atoms with Crippen molar-refractivity contribution in [1.29, 1.82) is 0 Å². The second-order valence-electron chi connectivity index (χ2n) is 9.84. The highest BCUT2D eigenvalue weighted by atomic mass is 32.2. The van der Waals surface area contributed by atoms with Gasteiger partial charge in [0.05, 0.1) is 18.5 Å². The van der Waals surface area contributed by atoms with Crippen molar-refractivity contribution in [2.24, 2.45) is 21.1 Å². The van der Waals surface area contributed by atoms with Crippen molar-refractivity contribution in [3.8, 4) is 0 Å². The zero-order chi connectivity index (χ0) is 28.1. The molecule has 13 nitrogen and oxygen atoms in total. The average Bonchev–Trinajstić information content (AvgIpc) is 2.99. The number of amidine groups is 1. The Kier molecular flexibility index (Phi) is 10.0. The summed E-state index contributed by atoms with van der Waals surface area (Å²) in [5.74, 6) is -2.73. The second kappa shape index (κ2) is 11.7. The van der Waals surface area contributed by atoms with Gasteiger partial charge in [-0.25, -0.2) is 20.4 Å². The van der Waals surface area contributed by atoms with Crippen LogP contribution in [0.2, 0.25) is 0 Å². The van der Waals surface area contributed by atoms with Gasteiger partial charge in [-0.1, -0.05) is 11.8 Å². The number of hydrogen-bond donors (Lipinski definition) is 2. The molecule has 1 fully saturated rings. The van der Waals surface area contributed by atoms with Gasteiger partial charge in [-0.3, -0.25) is 19.5 Å². The molecule has 0 aromatic heterocycles. The lowest BCUT2D eigenvalue weighted by molar-refractivity contribution is -0.145. The van der Waals surface area contributed by atoms with Gasteiger partial charge >= 0.3 is 18.2 Å². The van der Waals surface area contributed by atoms with E-state index in [1.54, 1.807) is 41.5 Å². The van der Waals surface area contributed by atoms with Gasteiger partial charge in [0.25, 0.3) is 5.91 Å². The lowest BCUT2D eigenvalue weighted by Crippen LogP contribution is -2.55. The van der Waals surface area contributed by atoms with E-state index in [-0.39, 0.29) is 11.4 Å². The Balaban J connectivity index is 3.58. The lowest BCUT2D eigenvalue weighted by Gasteiger charge is -2.32. The van der Waals surface area contributed by atoms with Crippen molar-refractivity contribution in [3.63, 3.8) is 0 Å². The van der Waals surface area contributed by atoms with Crippen LogP contribution >= 0.6 is 11.8 Å². The van der Waals surface area contributed by atoms with Crippen LogP contribution < -0.4 is 10.9 Å². The van der Waals surface area contributed by atoms with Crippen LogP contribution in [0.5, 0.6) is 0 Å². The molecule has 0 saturated carbocycles. The van der Waals surface area contributed by atoms with Gasteiger partial charge in [0.15, 0.2) is 9.91 Å². The molecule has 2 atom stereocenters. The number of ether oxygens (including phenoxy) is 3. The van der Waals surface area contributed by atoms with Gasteiger partial charge in [-0.05, 0) is 55.4 Å². The number of hydrogen-bond acceptors (Lipinski definition) is 11. The number of hydrazone groups is 2. The highest BCUT2D eigenvalue weighted by molar-refractivity contribution is 8.17. The average molecular weight is 529 g/mol. The fourth-order valence-electron chi connectivity index (χ4n) is 3.17. The van der Waals surface area contributed by atoms with Gasteiger partial charge in [0.2, 0.25) is 0 Å². The molecule has 2 N–H and O–H groups in total. The van der Waals surface area contributed by atoms with Crippen LogP contribution in [0, 0.1) is 5.92 Å². The maximum atomic E-state index is 13.6. The van der Waals surface area contributed by atoms with Crippen LogP contribution in [-0.2, 0) is 23.8 Å². The van der Waals surface area contributed by atoms with E-state index in [1.807, 2.05) is 0 Å². The predicted molar refractivity (Wildman–Crippen MR) is 137 cm³/mol. The summed E-state index contributed by atoms with van der Waals surface area (Å²) in [6.45, 7) is 13.0. The number of carbonyl (C=O) groups is 4. The van der Waals surface area contributed by atoms with Crippen LogP contribution in [0.25, 0.3) is 0 Å². The molecule has 0 aromatic carbocycles. The van der Waals surface area contributed by atoms with Gasteiger partial charge in [-0.2, -0.15) is 10.2 Å². The molecule has 202 valence electrons. The van der Waals surface area contributed by atoms with Gasteiger partial charge in [0, 0.05) is 14.1 Å². The summed E-state index contributed by atoms with van der Waals surface area (Å²) in [6, 6.07) is 0. The van der Waals surface area contributed by atoms with Crippen molar-refractivity contribution >= 4 is 52.4 Å². The van der Waals surface area contributed by atoms with Crippen LogP contribution in [0.4, 0.5) is 9.59 Å². The molecular weight excluding hydrogens is 492 g/mol. The molecule has 1 saturated heterocycles. The zero-order valence-electron chi connectivity index (χ0n) is 22.6. The largest absolute Gasteiger partial charge is 0.468 e. The third-order valence-electron chi connectivity index (χ3n) is 4.59. The van der Waals surface area contributed by atoms with E-state index in [0.717, 1.165) is 18.9 Å². The Morgan fingerprint density at radius 2 is 1.44 bits per heavy atom. The number of amides is 3. The zero-order valence-corrected chi connectivity index (χ0v) is 23.4. The summed E-state index contributed by atoms with van der Waals surface area (Å²) >= 11 is 0.949. The number of methoxy groups -OCH3 is 1. The van der Waals surface area contributed by atoms with Crippen molar-refractivity contribution in [1.82, 2.24) is 15.8 Å². The minimum absolute atomic E-state index is 0.0335. The normalized spacial score (nSPS) is 21.2.